The van der Waals surface area contributed by atoms with E-state index in [1.165, 1.54) is 6.07 Å². The van der Waals surface area contributed by atoms with E-state index in [0.29, 0.717) is 12.5 Å². The first-order valence-electron chi connectivity index (χ1n) is 6.78. The van der Waals surface area contributed by atoms with Gasteiger partial charge in [-0.25, -0.2) is 0 Å². The Labute approximate surface area is 115 Å². The largest absolute Gasteiger partial charge is 0.493 e. The Bertz CT molecular complexity index is 490. The summed E-state index contributed by atoms with van der Waals surface area (Å²) < 4.78 is 43.9. The maximum Gasteiger partial charge on any atom is 0.416 e. The van der Waals surface area contributed by atoms with E-state index in [4.69, 9.17) is 4.74 Å². The van der Waals surface area contributed by atoms with E-state index in [-0.39, 0.29) is 23.5 Å². The Morgan fingerprint density at radius 1 is 1.30 bits per heavy atom. The van der Waals surface area contributed by atoms with E-state index in [2.05, 4.69) is 0 Å². The molecule has 0 amide bonds. The zero-order chi connectivity index (χ0) is 14.8. The molecule has 110 valence electrons. The smallest absolute Gasteiger partial charge is 0.416 e. The first-order chi connectivity index (χ1) is 9.40. The predicted molar refractivity (Wildman–Crippen MR) is 68.9 cm³/mol. The van der Waals surface area contributed by atoms with Crippen molar-refractivity contribution in [1.82, 2.24) is 0 Å². The summed E-state index contributed by atoms with van der Waals surface area (Å²) in [6.07, 6.45) is -1.04. The SMILES string of the molecule is CCC(=O)c1cc(OCC2CCC2)cc(C(F)(F)F)c1. The van der Waals surface area contributed by atoms with Crippen LogP contribution in [0.4, 0.5) is 13.2 Å². The molecule has 1 fully saturated rings. The summed E-state index contributed by atoms with van der Waals surface area (Å²) in [6, 6.07) is 3.26. The van der Waals surface area contributed by atoms with Gasteiger partial charge in [0.15, 0.2) is 5.78 Å². The van der Waals surface area contributed by atoms with Crippen molar-refractivity contribution in [2.45, 2.75) is 38.8 Å². The van der Waals surface area contributed by atoms with E-state index < -0.39 is 11.7 Å². The molecule has 20 heavy (non-hydrogen) atoms. The lowest BCUT2D eigenvalue weighted by molar-refractivity contribution is -0.137. The number of ether oxygens (including phenoxy) is 1. The molecule has 0 unspecified atom stereocenters. The molecule has 1 aromatic rings. The van der Waals surface area contributed by atoms with Crippen LogP contribution in [0.2, 0.25) is 0 Å². The molecule has 0 spiro atoms. The van der Waals surface area contributed by atoms with Gasteiger partial charge in [0.2, 0.25) is 0 Å². The number of ketones is 1. The summed E-state index contributed by atoms with van der Waals surface area (Å²) in [7, 11) is 0. The number of benzene rings is 1. The average molecular weight is 286 g/mol. The first-order valence-corrected chi connectivity index (χ1v) is 6.78. The van der Waals surface area contributed by atoms with Crippen molar-refractivity contribution in [2.75, 3.05) is 6.61 Å². The highest BCUT2D eigenvalue weighted by Crippen LogP contribution is 2.34. The summed E-state index contributed by atoms with van der Waals surface area (Å²) in [6.45, 7) is 2.04. The van der Waals surface area contributed by atoms with E-state index in [1.807, 2.05) is 0 Å². The lowest BCUT2D eigenvalue weighted by Crippen LogP contribution is -2.19. The summed E-state index contributed by atoms with van der Waals surface area (Å²) in [5.74, 6) is 0.239. The number of rotatable bonds is 5. The number of halogens is 3. The van der Waals surface area contributed by atoms with Crippen molar-refractivity contribution in [3.8, 4) is 5.75 Å². The van der Waals surface area contributed by atoms with Crippen LogP contribution in [0, 0.1) is 5.92 Å². The third kappa shape index (κ3) is 3.52. The van der Waals surface area contributed by atoms with Crippen LogP contribution < -0.4 is 4.74 Å². The highest BCUT2D eigenvalue weighted by atomic mass is 19.4. The van der Waals surface area contributed by atoms with E-state index in [0.717, 1.165) is 31.4 Å². The van der Waals surface area contributed by atoms with Crippen LogP contribution in [0.5, 0.6) is 5.75 Å². The number of carbonyl (C=O) groups is 1. The predicted octanol–water partition coefficient (Wildman–Crippen LogP) is 4.48. The molecule has 1 aliphatic rings. The van der Waals surface area contributed by atoms with Crippen molar-refractivity contribution in [3.63, 3.8) is 0 Å². The minimum Gasteiger partial charge on any atom is -0.493 e. The maximum absolute atomic E-state index is 12.8. The zero-order valence-electron chi connectivity index (χ0n) is 11.3. The van der Waals surface area contributed by atoms with Crippen LogP contribution in [0.3, 0.4) is 0 Å². The van der Waals surface area contributed by atoms with Gasteiger partial charge in [0.1, 0.15) is 5.75 Å². The Balaban J connectivity index is 2.22. The van der Waals surface area contributed by atoms with Gasteiger partial charge >= 0.3 is 6.18 Å². The fourth-order valence-electron chi connectivity index (χ4n) is 2.08. The summed E-state index contributed by atoms with van der Waals surface area (Å²) in [5.41, 5.74) is -0.772. The summed E-state index contributed by atoms with van der Waals surface area (Å²) >= 11 is 0. The zero-order valence-corrected chi connectivity index (χ0v) is 11.3. The van der Waals surface area contributed by atoms with Crippen molar-refractivity contribution in [1.29, 1.82) is 0 Å². The normalized spacial score (nSPS) is 15.8. The molecule has 5 heteroatoms. The topological polar surface area (TPSA) is 26.3 Å². The summed E-state index contributed by atoms with van der Waals surface area (Å²) in [4.78, 5) is 11.6. The van der Waals surface area contributed by atoms with Gasteiger partial charge in [0.05, 0.1) is 12.2 Å². The van der Waals surface area contributed by atoms with Crippen LogP contribution in [0.1, 0.15) is 48.5 Å². The third-order valence-corrected chi connectivity index (χ3v) is 3.59. The molecular formula is C15H17F3O2. The fourth-order valence-corrected chi connectivity index (χ4v) is 2.08. The second-order valence-corrected chi connectivity index (χ2v) is 5.13. The van der Waals surface area contributed by atoms with Gasteiger partial charge in [-0.1, -0.05) is 13.3 Å². The lowest BCUT2D eigenvalue weighted by Gasteiger charge is -2.25. The molecule has 2 rings (SSSR count). The standard InChI is InChI=1S/C15H17F3O2/c1-2-14(19)11-6-12(15(16,17)18)8-13(7-11)20-9-10-4-3-5-10/h6-8,10H,2-5,9H2,1H3. The van der Waals surface area contributed by atoms with E-state index in [1.54, 1.807) is 6.92 Å². The van der Waals surface area contributed by atoms with Crippen LogP contribution in [0.25, 0.3) is 0 Å². The van der Waals surface area contributed by atoms with Crippen molar-refractivity contribution < 1.29 is 22.7 Å². The molecule has 1 aliphatic carbocycles. The first kappa shape index (κ1) is 14.9. The summed E-state index contributed by atoms with van der Waals surface area (Å²) in [5, 5.41) is 0. The Morgan fingerprint density at radius 3 is 2.50 bits per heavy atom. The van der Waals surface area contributed by atoms with E-state index >= 15 is 0 Å². The number of hydrogen-bond acceptors (Lipinski definition) is 2. The monoisotopic (exact) mass is 286 g/mol. The van der Waals surface area contributed by atoms with Gasteiger partial charge in [-0.15, -0.1) is 0 Å². The lowest BCUT2D eigenvalue weighted by atomic mass is 9.86. The third-order valence-electron chi connectivity index (χ3n) is 3.59. The molecule has 0 N–H and O–H groups in total. The second-order valence-electron chi connectivity index (χ2n) is 5.13. The minimum atomic E-state index is -4.47. The number of hydrogen-bond donors (Lipinski definition) is 0. The van der Waals surface area contributed by atoms with Crippen LogP contribution >= 0.6 is 0 Å². The molecule has 0 bridgehead atoms. The van der Waals surface area contributed by atoms with Gasteiger partial charge in [0.25, 0.3) is 0 Å². The molecule has 0 aliphatic heterocycles. The number of carbonyl (C=O) groups excluding carboxylic acids is 1. The molecule has 1 aromatic carbocycles. The molecule has 0 saturated heterocycles. The van der Waals surface area contributed by atoms with Crippen LogP contribution in [0.15, 0.2) is 18.2 Å². The van der Waals surface area contributed by atoms with Gasteiger partial charge in [-0.05, 0) is 37.0 Å². The number of Topliss-reactive ketones (excluding diaryl/α,β-unsaturated/α-hetero) is 1. The molecular weight excluding hydrogens is 269 g/mol. The van der Waals surface area contributed by atoms with Crippen molar-refractivity contribution >= 4 is 5.78 Å². The van der Waals surface area contributed by atoms with Gasteiger partial charge in [-0.3, -0.25) is 4.79 Å². The maximum atomic E-state index is 12.8. The Kier molecular flexibility index (Phi) is 4.35. The van der Waals surface area contributed by atoms with Gasteiger partial charge in [0, 0.05) is 12.0 Å². The van der Waals surface area contributed by atoms with E-state index in [9.17, 15) is 18.0 Å². The van der Waals surface area contributed by atoms with Gasteiger partial charge in [-0.2, -0.15) is 13.2 Å². The Hall–Kier alpha value is -1.52. The second kappa shape index (κ2) is 5.85. The minimum absolute atomic E-state index is 0.0611. The average Bonchev–Trinajstić information content (AvgIpc) is 2.34. The highest BCUT2D eigenvalue weighted by Gasteiger charge is 2.32. The molecule has 0 atom stereocenters. The van der Waals surface area contributed by atoms with Crippen molar-refractivity contribution in [2.24, 2.45) is 5.92 Å². The molecule has 1 saturated carbocycles. The van der Waals surface area contributed by atoms with Crippen molar-refractivity contribution in [3.05, 3.63) is 29.3 Å². The molecule has 0 heterocycles. The molecule has 0 radical (unpaired) electrons. The fraction of sp³-hybridized carbons (Fsp3) is 0.533. The van der Waals surface area contributed by atoms with Crippen LogP contribution in [-0.4, -0.2) is 12.4 Å². The highest BCUT2D eigenvalue weighted by molar-refractivity contribution is 5.96. The van der Waals surface area contributed by atoms with Gasteiger partial charge < -0.3 is 4.74 Å². The Morgan fingerprint density at radius 2 is 2.00 bits per heavy atom. The number of alkyl halides is 3. The molecule has 2 nitrogen and oxygen atoms in total. The quantitative estimate of drug-likeness (QED) is 0.746. The van der Waals surface area contributed by atoms with Crippen LogP contribution in [-0.2, 0) is 6.18 Å². The molecule has 0 aromatic heterocycles.